The summed E-state index contributed by atoms with van der Waals surface area (Å²) in [6.45, 7) is 3.14. The van der Waals surface area contributed by atoms with E-state index in [-0.39, 0.29) is 0 Å². The molecular weight excluding hydrogens is 316 g/mol. The third-order valence-corrected chi connectivity index (χ3v) is 3.78. The van der Waals surface area contributed by atoms with Crippen LogP contribution in [-0.4, -0.2) is 17.8 Å². The minimum atomic E-state index is -1.50. The van der Waals surface area contributed by atoms with Crippen molar-refractivity contribution < 1.29 is 19.2 Å². The van der Waals surface area contributed by atoms with Crippen LogP contribution in [-0.2, 0) is 18.3 Å². The quantitative estimate of drug-likeness (QED) is 0.545. The number of nitrogens with zero attached hydrogens (tertiary/aromatic N) is 2. The van der Waals surface area contributed by atoms with Crippen LogP contribution < -0.4 is 9.67 Å². The first-order chi connectivity index (χ1) is 12.1. The molecule has 25 heavy (non-hydrogen) atoms. The summed E-state index contributed by atoms with van der Waals surface area (Å²) < 4.78 is 8.07. The highest BCUT2D eigenvalue weighted by Crippen LogP contribution is 2.29. The highest BCUT2D eigenvalue weighted by molar-refractivity contribution is 5.76. The van der Waals surface area contributed by atoms with Crippen molar-refractivity contribution in [1.82, 2.24) is 4.57 Å². The van der Waals surface area contributed by atoms with Crippen LogP contribution in [0.4, 0.5) is 4.79 Å². The van der Waals surface area contributed by atoms with Gasteiger partial charge in [-0.15, -0.1) is 0 Å². The zero-order chi connectivity index (χ0) is 18.2. The summed E-state index contributed by atoms with van der Waals surface area (Å²) in [5.74, 6) is 0. The Morgan fingerprint density at radius 2 is 1.52 bits per heavy atom. The average molecular weight is 338 g/mol. The van der Waals surface area contributed by atoms with Gasteiger partial charge in [0.1, 0.15) is 0 Å². The van der Waals surface area contributed by atoms with E-state index in [0.29, 0.717) is 0 Å². The topological polar surface area (TPSA) is 58.2 Å². The molecule has 0 fully saturated rings. The Hall–Kier alpha value is -3.08. The van der Waals surface area contributed by atoms with Crippen molar-refractivity contribution in [3.8, 4) is 22.5 Å². The molecule has 0 saturated heterocycles. The molecule has 0 aliphatic heterocycles. The summed E-state index contributed by atoms with van der Waals surface area (Å²) in [6.07, 6.45) is 0.676. The Labute approximate surface area is 147 Å². The maximum atomic E-state index is 9.03. The molecule has 5 nitrogen and oxygen atoms in total. The van der Waals surface area contributed by atoms with Crippen molar-refractivity contribution in [3.05, 3.63) is 67.0 Å². The van der Waals surface area contributed by atoms with Crippen LogP contribution in [0.3, 0.4) is 0 Å². The van der Waals surface area contributed by atoms with E-state index in [1.54, 1.807) is 0 Å². The average Bonchev–Trinajstić information content (AvgIpc) is 3.00. The van der Waals surface area contributed by atoms with Crippen molar-refractivity contribution in [2.24, 2.45) is 7.05 Å². The fraction of sp³-hybridized carbons (Fsp3) is 0.200. The summed E-state index contributed by atoms with van der Waals surface area (Å²) in [4.78, 5) is 9.03. The largest absolute Gasteiger partial charge is 0.553 e. The molecule has 1 heterocycles. The molecule has 2 aromatic carbocycles. The molecule has 0 amide bonds. The van der Waals surface area contributed by atoms with E-state index in [2.05, 4.69) is 94.8 Å². The number of benzene rings is 2. The number of rotatable bonds is 3. The second kappa shape index (κ2) is 8.68. The van der Waals surface area contributed by atoms with Crippen LogP contribution in [0.15, 0.2) is 67.0 Å². The number of hydrogen-bond acceptors (Lipinski definition) is 3. The van der Waals surface area contributed by atoms with Gasteiger partial charge in [0, 0.05) is 18.2 Å². The fourth-order valence-electron chi connectivity index (χ4n) is 2.70. The number of carboxylic acid groups (broad SMARTS) is 1. The normalized spacial score (nSPS) is 9.88. The lowest BCUT2D eigenvalue weighted by Gasteiger charge is -2.03. The third kappa shape index (κ3) is 4.47. The number of ether oxygens (including phenoxy) is 1. The molecule has 0 aliphatic rings. The van der Waals surface area contributed by atoms with Gasteiger partial charge in [0.05, 0.1) is 13.6 Å². The number of aryl methyl sites for hydroxylation is 2. The minimum absolute atomic E-state index is 0.963. The molecule has 5 heteroatoms. The summed E-state index contributed by atoms with van der Waals surface area (Å²) in [5.41, 5.74) is 5.05. The van der Waals surface area contributed by atoms with Gasteiger partial charge in [0.2, 0.25) is 6.33 Å². The molecule has 3 aromatic rings. The van der Waals surface area contributed by atoms with Gasteiger partial charge >= 0.3 is 0 Å². The fourth-order valence-corrected chi connectivity index (χ4v) is 2.70. The lowest BCUT2D eigenvalue weighted by atomic mass is 10.0. The Balaban J connectivity index is 0.000000399. The summed E-state index contributed by atoms with van der Waals surface area (Å²) in [7, 11) is 3.15. The molecule has 0 unspecified atom stereocenters. The molecule has 0 N–H and O–H groups in total. The van der Waals surface area contributed by atoms with Crippen LogP contribution in [0.2, 0.25) is 0 Å². The van der Waals surface area contributed by atoms with Crippen LogP contribution in [0.5, 0.6) is 0 Å². The van der Waals surface area contributed by atoms with Crippen molar-refractivity contribution in [3.63, 3.8) is 0 Å². The molecule has 0 aliphatic carbocycles. The predicted octanol–water partition coefficient (Wildman–Crippen LogP) is 2.64. The number of carbonyl (C=O) groups excluding carboxylic acids is 1. The molecule has 0 saturated carbocycles. The third-order valence-electron chi connectivity index (χ3n) is 3.78. The van der Waals surface area contributed by atoms with E-state index < -0.39 is 6.16 Å². The Bertz CT molecular complexity index is 812. The van der Waals surface area contributed by atoms with Gasteiger partial charge in [0.25, 0.3) is 6.16 Å². The number of methoxy groups -OCH3 is 1. The van der Waals surface area contributed by atoms with Crippen LogP contribution in [0.25, 0.3) is 22.5 Å². The predicted molar refractivity (Wildman–Crippen MR) is 94.6 cm³/mol. The number of aromatic nitrogens is 2. The lowest BCUT2D eigenvalue weighted by Crippen LogP contribution is -2.32. The van der Waals surface area contributed by atoms with E-state index in [1.807, 2.05) is 0 Å². The van der Waals surface area contributed by atoms with Crippen molar-refractivity contribution in [1.29, 1.82) is 0 Å². The highest BCUT2D eigenvalue weighted by Gasteiger charge is 2.23. The van der Waals surface area contributed by atoms with Crippen LogP contribution >= 0.6 is 0 Å². The maximum Gasteiger partial charge on any atom is 0.251 e. The van der Waals surface area contributed by atoms with Gasteiger partial charge in [-0.05, 0) is 6.92 Å². The molecule has 0 atom stereocenters. The van der Waals surface area contributed by atoms with Gasteiger partial charge in [-0.25, -0.2) is 9.13 Å². The van der Waals surface area contributed by atoms with Crippen molar-refractivity contribution in [2.75, 3.05) is 7.11 Å². The Morgan fingerprint density at radius 1 is 1.04 bits per heavy atom. The van der Waals surface area contributed by atoms with Gasteiger partial charge < -0.3 is 14.6 Å². The Morgan fingerprint density at radius 3 is 1.96 bits per heavy atom. The standard InChI is InChI=1S/C18H19N2.C2H4O3/c1-3-20-14-19(2)17(15-10-6-4-7-11-15)18(20)16-12-8-5-9-13-16;1-5-2(3)4/h4-14H,3H2,1-2H3;1H3,(H,3,4)/q+1;/p-1. The van der Waals surface area contributed by atoms with Crippen LogP contribution in [0.1, 0.15) is 6.92 Å². The summed E-state index contributed by atoms with van der Waals surface area (Å²) >= 11 is 0. The van der Waals surface area contributed by atoms with Crippen LogP contribution in [0, 0.1) is 0 Å². The van der Waals surface area contributed by atoms with Crippen molar-refractivity contribution in [2.45, 2.75) is 13.5 Å². The first-order valence-corrected chi connectivity index (χ1v) is 8.03. The van der Waals surface area contributed by atoms with Gasteiger partial charge in [-0.2, -0.15) is 0 Å². The minimum Gasteiger partial charge on any atom is -0.553 e. The molecule has 0 bridgehead atoms. The smallest absolute Gasteiger partial charge is 0.251 e. The maximum absolute atomic E-state index is 9.03. The number of hydrogen-bond donors (Lipinski definition) is 0. The van der Waals surface area contributed by atoms with E-state index in [4.69, 9.17) is 9.90 Å². The van der Waals surface area contributed by atoms with E-state index >= 15 is 0 Å². The highest BCUT2D eigenvalue weighted by atomic mass is 16.6. The van der Waals surface area contributed by atoms with Gasteiger partial charge in [-0.1, -0.05) is 60.7 Å². The Kier molecular flexibility index (Phi) is 6.34. The molecule has 3 rings (SSSR count). The molecule has 1 aromatic heterocycles. The first kappa shape index (κ1) is 18.3. The van der Waals surface area contributed by atoms with E-state index in [9.17, 15) is 0 Å². The zero-order valence-electron chi connectivity index (χ0n) is 14.7. The monoisotopic (exact) mass is 338 g/mol. The van der Waals surface area contributed by atoms with E-state index in [0.717, 1.165) is 13.7 Å². The zero-order valence-corrected chi connectivity index (χ0v) is 14.7. The molecule has 0 spiro atoms. The SMILES string of the molecule is CC[n+]1cn(C)c(-c2ccccc2)c1-c1ccccc1.COC(=O)[O-]. The molecular formula is C20H22N2O3. The molecule has 0 radical (unpaired) electrons. The van der Waals surface area contributed by atoms with Crippen molar-refractivity contribution >= 4 is 6.16 Å². The van der Waals surface area contributed by atoms with Gasteiger partial charge in [0.15, 0.2) is 11.4 Å². The lowest BCUT2D eigenvalue weighted by molar-refractivity contribution is -0.682. The van der Waals surface area contributed by atoms with E-state index in [1.165, 1.54) is 22.5 Å². The molecule has 130 valence electrons. The summed E-state index contributed by atoms with van der Waals surface area (Å²) in [5, 5.41) is 9.03. The first-order valence-electron chi connectivity index (χ1n) is 8.03. The second-order valence-corrected chi connectivity index (χ2v) is 5.40. The number of carbonyl (C=O) groups is 1. The van der Waals surface area contributed by atoms with Gasteiger partial charge in [-0.3, -0.25) is 0 Å². The number of imidazole rings is 1. The summed E-state index contributed by atoms with van der Waals surface area (Å²) in [6, 6.07) is 21.2. The second-order valence-electron chi connectivity index (χ2n) is 5.40.